The Balaban J connectivity index is 1.30. The molecular weight excluding hydrogens is 559 g/mol. The van der Waals surface area contributed by atoms with E-state index in [0.717, 1.165) is 0 Å². The van der Waals surface area contributed by atoms with E-state index in [1.54, 1.807) is 48.6 Å². The normalized spacial score (nSPS) is 14.9. The Hall–Kier alpha value is -4.30. The van der Waals surface area contributed by atoms with E-state index in [4.69, 9.17) is 0 Å². The number of nitrogens with zero attached hydrogens (tertiary/aromatic N) is 3. The number of nitrogens with one attached hydrogen (secondary N) is 2. The van der Waals surface area contributed by atoms with Gasteiger partial charge < -0.3 is 24.3 Å². The lowest BCUT2D eigenvalue weighted by molar-refractivity contribution is -0.130. The maximum absolute atomic E-state index is 13.6. The molecule has 1 saturated heterocycles. The number of amides is 1. The molecule has 3 heterocycles. The van der Waals surface area contributed by atoms with Crippen LogP contribution in [-0.2, 0) is 22.8 Å². The third kappa shape index (κ3) is 4.90. The van der Waals surface area contributed by atoms with Crippen LogP contribution in [0.2, 0.25) is 0 Å². The van der Waals surface area contributed by atoms with Crippen molar-refractivity contribution in [3.05, 3.63) is 93.4 Å². The first kappa shape index (κ1) is 27.8. The van der Waals surface area contributed by atoms with Gasteiger partial charge >= 0.3 is 0 Å². The van der Waals surface area contributed by atoms with Crippen molar-refractivity contribution in [3.63, 3.8) is 0 Å². The molecule has 0 atom stereocenters. The number of imidazole rings is 1. The summed E-state index contributed by atoms with van der Waals surface area (Å²) >= 11 is 0. The van der Waals surface area contributed by atoms with Crippen molar-refractivity contribution in [3.8, 4) is 0 Å². The molecular formula is C31H30F2N5O3P. The summed E-state index contributed by atoms with van der Waals surface area (Å²) in [5.74, 6) is -0.328. The third-order valence-corrected chi connectivity index (χ3v) is 11.3. The zero-order valence-electron chi connectivity index (χ0n) is 23.5. The zero-order chi connectivity index (χ0) is 29.8. The highest BCUT2D eigenvalue weighted by Gasteiger charge is 2.32. The van der Waals surface area contributed by atoms with Crippen LogP contribution in [0, 0.1) is 25.5 Å². The van der Waals surface area contributed by atoms with Gasteiger partial charge in [-0.05, 0) is 78.9 Å². The number of pyridine rings is 1. The highest BCUT2D eigenvalue weighted by atomic mass is 31.2. The van der Waals surface area contributed by atoms with Crippen LogP contribution < -0.4 is 16.2 Å². The molecule has 1 amide bonds. The minimum Gasteiger partial charge on any atom is -0.341 e. The van der Waals surface area contributed by atoms with Crippen molar-refractivity contribution < 1.29 is 18.1 Å². The molecule has 0 saturated carbocycles. The van der Waals surface area contributed by atoms with Crippen LogP contribution in [0.5, 0.6) is 0 Å². The molecule has 2 N–H and O–H groups in total. The van der Waals surface area contributed by atoms with Crippen LogP contribution in [-0.4, -0.2) is 50.8 Å². The van der Waals surface area contributed by atoms with E-state index in [2.05, 4.69) is 15.3 Å². The second-order valence-electron chi connectivity index (χ2n) is 10.9. The van der Waals surface area contributed by atoms with Crippen molar-refractivity contribution >= 4 is 51.8 Å². The van der Waals surface area contributed by atoms with E-state index in [9.17, 15) is 22.9 Å². The van der Waals surface area contributed by atoms with Crippen LogP contribution in [0.15, 0.2) is 59.4 Å². The molecule has 8 nitrogen and oxygen atoms in total. The van der Waals surface area contributed by atoms with E-state index in [0.29, 0.717) is 81.0 Å². The molecule has 5 aromatic rings. The number of halogens is 2. The van der Waals surface area contributed by atoms with Crippen LogP contribution in [0.4, 0.5) is 20.4 Å². The number of rotatable bonds is 5. The topological polar surface area (TPSA) is 100 Å². The highest BCUT2D eigenvalue weighted by Crippen LogP contribution is 2.46. The number of anilines is 2. The summed E-state index contributed by atoms with van der Waals surface area (Å²) in [5, 5.41) is 4.97. The second-order valence-corrected chi connectivity index (χ2v) is 14.1. The Morgan fingerprint density at radius 3 is 2.40 bits per heavy atom. The van der Waals surface area contributed by atoms with Crippen LogP contribution in [0.1, 0.15) is 16.8 Å². The van der Waals surface area contributed by atoms with E-state index in [1.807, 2.05) is 12.1 Å². The molecule has 0 radical (unpaired) electrons. The predicted octanol–water partition coefficient (Wildman–Crippen LogP) is 5.13. The lowest BCUT2D eigenvalue weighted by Gasteiger charge is -2.32. The van der Waals surface area contributed by atoms with Gasteiger partial charge in [0, 0.05) is 49.1 Å². The number of hydrogen-bond donors (Lipinski definition) is 2. The molecule has 0 spiro atoms. The molecule has 1 aliphatic rings. The summed E-state index contributed by atoms with van der Waals surface area (Å²) in [6, 6.07) is 13.9. The number of aromatic nitrogens is 3. The predicted molar refractivity (Wildman–Crippen MR) is 162 cm³/mol. The Labute approximate surface area is 240 Å². The number of H-pyrrole nitrogens is 1. The fourth-order valence-electron chi connectivity index (χ4n) is 5.80. The molecule has 11 heteroatoms. The number of carbonyl (C=O) groups is 1. The zero-order valence-corrected chi connectivity index (χ0v) is 24.4. The van der Waals surface area contributed by atoms with Crippen LogP contribution in [0.3, 0.4) is 0 Å². The fraction of sp³-hybridized carbons (Fsp3) is 0.258. The number of hydrogen-bond acceptors (Lipinski definition) is 5. The van der Waals surface area contributed by atoms with Crippen molar-refractivity contribution in [2.24, 2.45) is 7.05 Å². The lowest BCUT2D eigenvalue weighted by Crippen LogP contribution is -2.42. The maximum Gasteiger partial charge on any atom is 0.258 e. The van der Waals surface area contributed by atoms with E-state index < -0.39 is 7.14 Å². The molecule has 0 aliphatic carbocycles. The quantitative estimate of drug-likeness (QED) is 0.277. The van der Waals surface area contributed by atoms with Crippen molar-refractivity contribution in [2.45, 2.75) is 20.3 Å². The largest absolute Gasteiger partial charge is 0.341 e. The summed E-state index contributed by atoms with van der Waals surface area (Å²) in [4.78, 5) is 36.1. The van der Waals surface area contributed by atoms with Gasteiger partial charge in [0.15, 0.2) is 0 Å². The van der Waals surface area contributed by atoms with Crippen molar-refractivity contribution in [1.82, 2.24) is 19.4 Å². The first-order valence-electron chi connectivity index (χ1n) is 13.7. The van der Waals surface area contributed by atoms with Crippen LogP contribution in [0.25, 0.3) is 21.8 Å². The molecule has 2 aromatic heterocycles. The number of aromatic amines is 1. The van der Waals surface area contributed by atoms with Gasteiger partial charge in [0.2, 0.25) is 11.9 Å². The van der Waals surface area contributed by atoms with Gasteiger partial charge in [-0.15, -0.1) is 0 Å². The van der Waals surface area contributed by atoms with Crippen molar-refractivity contribution in [2.75, 3.05) is 30.7 Å². The second kappa shape index (κ2) is 10.5. The Morgan fingerprint density at radius 1 is 1.02 bits per heavy atom. The highest BCUT2D eigenvalue weighted by molar-refractivity contribution is 7.71. The number of aryl methyl sites for hydroxylation is 3. The molecule has 42 heavy (non-hydrogen) atoms. The van der Waals surface area contributed by atoms with Crippen LogP contribution >= 0.6 is 7.14 Å². The Kier molecular flexibility index (Phi) is 6.97. The minimum atomic E-state index is -2.70. The third-order valence-electron chi connectivity index (χ3n) is 8.22. The SMILES string of the molecule is Cc1cc(F)ccc1Nc1nc2ccc3c(CC(=O)N4CCP(=O)(c5ccc(F)cc5)CC4)c(C)[nH]c(=O)c3c2n1C. The summed E-state index contributed by atoms with van der Waals surface area (Å²) < 4.78 is 42.3. The summed E-state index contributed by atoms with van der Waals surface area (Å²) in [6.45, 7) is 4.26. The fourth-order valence-corrected chi connectivity index (χ4v) is 8.36. The average Bonchev–Trinajstić information content (AvgIpc) is 3.27. The lowest BCUT2D eigenvalue weighted by atomic mass is 10.00. The van der Waals surface area contributed by atoms with Gasteiger partial charge in [0.1, 0.15) is 18.8 Å². The number of fused-ring (bicyclic) bond motifs is 3. The number of benzene rings is 3. The summed E-state index contributed by atoms with van der Waals surface area (Å²) in [7, 11) is -0.906. The Bertz CT molecular complexity index is 1970. The van der Waals surface area contributed by atoms with E-state index in [1.165, 1.54) is 24.3 Å². The Morgan fingerprint density at radius 2 is 1.71 bits per heavy atom. The van der Waals surface area contributed by atoms with Gasteiger partial charge in [-0.3, -0.25) is 9.59 Å². The molecule has 6 rings (SSSR count). The molecule has 216 valence electrons. The molecule has 3 aromatic carbocycles. The van der Waals surface area contributed by atoms with Gasteiger partial charge in [0.25, 0.3) is 5.56 Å². The monoisotopic (exact) mass is 589 g/mol. The van der Waals surface area contributed by atoms with Gasteiger partial charge in [-0.1, -0.05) is 6.07 Å². The summed E-state index contributed by atoms with van der Waals surface area (Å²) in [6.07, 6.45) is 0.756. The van der Waals surface area contributed by atoms with E-state index in [-0.39, 0.29) is 29.5 Å². The standard InChI is InChI=1S/C31H30F2N5O3P/c1-18-16-21(33)6-10-25(18)35-31-36-26-11-9-23-24(19(2)34-30(40)28(23)29(26)37(31)3)17-27(39)38-12-14-42(41,15-13-38)22-7-4-20(32)5-8-22/h4-11,16H,12-15,17H2,1-3H3,(H,34,40)(H,35,36). The van der Waals surface area contributed by atoms with Gasteiger partial charge in [-0.25, -0.2) is 13.8 Å². The van der Waals surface area contributed by atoms with Gasteiger partial charge in [-0.2, -0.15) is 0 Å². The van der Waals surface area contributed by atoms with Gasteiger partial charge in [0.05, 0.1) is 22.8 Å². The molecule has 1 fully saturated rings. The first-order valence-corrected chi connectivity index (χ1v) is 15.8. The van der Waals surface area contributed by atoms with E-state index >= 15 is 0 Å². The average molecular weight is 590 g/mol. The molecule has 0 unspecified atom stereocenters. The molecule has 0 bridgehead atoms. The first-order chi connectivity index (χ1) is 20.0. The smallest absolute Gasteiger partial charge is 0.258 e. The number of carbonyl (C=O) groups excluding carboxylic acids is 1. The minimum absolute atomic E-state index is 0.0726. The maximum atomic E-state index is 13.6. The molecule has 1 aliphatic heterocycles. The van der Waals surface area contributed by atoms with Crippen molar-refractivity contribution in [1.29, 1.82) is 0 Å². The summed E-state index contributed by atoms with van der Waals surface area (Å²) in [5.41, 5.74) is 3.67.